The fraction of sp³-hybridized carbons (Fsp3) is 0.263. The average Bonchev–Trinajstić information content (AvgIpc) is 2.53. The Morgan fingerprint density at radius 2 is 2.22 bits per heavy atom. The van der Waals surface area contributed by atoms with Crippen molar-refractivity contribution in [2.24, 2.45) is 0 Å². The van der Waals surface area contributed by atoms with Gasteiger partial charge in [-0.25, -0.2) is 4.57 Å². The number of allylic oxidation sites excluding steroid dienone is 5. The first kappa shape index (κ1) is 18.6. The average molecular weight is 313 g/mol. The topological polar surface area (TPSA) is 57.2 Å². The molecule has 0 spiro atoms. The van der Waals surface area contributed by atoms with Crippen LogP contribution in [-0.4, -0.2) is 24.0 Å². The normalized spacial score (nSPS) is 12.8. The second kappa shape index (κ2) is 11.2. The third kappa shape index (κ3) is 7.93. The molecule has 0 amide bonds. The summed E-state index contributed by atoms with van der Waals surface area (Å²) in [6.07, 6.45) is 14.6. The molecule has 122 valence electrons. The number of aromatic nitrogens is 1. The standard InChI is InChI=1S/C19H25N2O2/c1-3-7-17-10-6-12-21(13-17)14-19(22)16-23-15-18(8-4-2)9-5-11-20/h3-6,9-13,15,19-20,22H,1-2,7-8,14,16H2/q+1/b9-5-,18-15-,20-11?. The zero-order valence-corrected chi connectivity index (χ0v) is 13.4. The maximum absolute atomic E-state index is 10.1. The highest BCUT2D eigenvalue weighted by Gasteiger charge is 2.11. The Balaban J connectivity index is 2.52. The zero-order valence-electron chi connectivity index (χ0n) is 13.4. The Morgan fingerprint density at radius 1 is 1.39 bits per heavy atom. The molecule has 4 heteroatoms. The summed E-state index contributed by atoms with van der Waals surface area (Å²) in [5, 5.41) is 17.1. The lowest BCUT2D eigenvalue weighted by molar-refractivity contribution is -0.704. The van der Waals surface area contributed by atoms with Gasteiger partial charge in [-0.3, -0.25) is 0 Å². The van der Waals surface area contributed by atoms with Gasteiger partial charge in [0.1, 0.15) is 12.7 Å². The maximum Gasteiger partial charge on any atom is 0.177 e. The molecule has 0 aliphatic carbocycles. The molecule has 1 aromatic rings. The Kier molecular flexibility index (Phi) is 9.01. The number of ether oxygens (including phenoxy) is 1. The number of nitrogens with zero attached hydrogens (tertiary/aromatic N) is 1. The van der Waals surface area contributed by atoms with Crippen molar-refractivity contribution in [3.8, 4) is 0 Å². The van der Waals surface area contributed by atoms with Gasteiger partial charge in [0.25, 0.3) is 0 Å². The van der Waals surface area contributed by atoms with Gasteiger partial charge in [-0.2, -0.15) is 0 Å². The van der Waals surface area contributed by atoms with E-state index in [1.165, 1.54) is 6.21 Å². The summed E-state index contributed by atoms with van der Waals surface area (Å²) in [5.41, 5.74) is 2.05. The van der Waals surface area contributed by atoms with Crippen LogP contribution in [0.15, 0.2) is 73.8 Å². The van der Waals surface area contributed by atoms with Crippen LogP contribution < -0.4 is 4.57 Å². The largest absolute Gasteiger partial charge is 0.498 e. The molecular weight excluding hydrogens is 288 g/mol. The molecular formula is C19H25N2O2+. The molecule has 0 aliphatic rings. The van der Waals surface area contributed by atoms with Crippen molar-refractivity contribution in [1.29, 1.82) is 5.41 Å². The molecule has 0 aliphatic heterocycles. The number of pyridine rings is 1. The summed E-state index contributed by atoms with van der Waals surface area (Å²) in [6.45, 7) is 8.08. The van der Waals surface area contributed by atoms with E-state index < -0.39 is 6.10 Å². The SMILES string of the molecule is C=CCC(/C=C\C=N)=C/OCC(O)C[n+]1cccc(CC=C)c1. The number of hydrogen-bond donors (Lipinski definition) is 2. The molecule has 0 radical (unpaired) electrons. The van der Waals surface area contributed by atoms with Crippen molar-refractivity contribution in [1.82, 2.24) is 0 Å². The third-order valence-electron chi connectivity index (χ3n) is 3.03. The van der Waals surface area contributed by atoms with Gasteiger partial charge >= 0.3 is 0 Å². The van der Waals surface area contributed by atoms with Gasteiger partial charge in [0, 0.05) is 17.8 Å². The molecule has 4 nitrogen and oxygen atoms in total. The minimum absolute atomic E-state index is 0.206. The minimum Gasteiger partial charge on any atom is -0.498 e. The second-order valence-corrected chi connectivity index (χ2v) is 5.10. The van der Waals surface area contributed by atoms with Gasteiger partial charge in [0.15, 0.2) is 18.9 Å². The molecule has 0 saturated heterocycles. The summed E-state index contributed by atoms with van der Waals surface area (Å²) in [4.78, 5) is 0. The van der Waals surface area contributed by atoms with Crippen molar-refractivity contribution in [2.75, 3.05) is 6.61 Å². The van der Waals surface area contributed by atoms with E-state index in [1.54, 1.807) is 24.5 Å². The molecule has 23 heavy (non-hydrogen) atoms. The van der Waals surface area contributed by atoms with E-state index in [0.717, 1.165) is 17.6 Å². The Hall–Kier alpha value is -2.46. The van der Waals surface area contributed by atoms with Crippen LogP contribution in [0.25, 0.3) is 0 Å². The van der Waals surface area contributed by atoms with Crippen LogP contribution >= 0.6 is 0 Å². The Morgan fingerprint density at radius 3 is 2.91 bits per heavy atom. The van der Waals surface area contributed by atoms with Crippen LogP contribution in [0.4, 0.5) is 0 Å². The monoisotopic (exact) mass is 313 g/mol. The molecule has 0 fully saturated rings. The van der Waals surface area contributed by atoms with Crippen LogP contribution in [0.5, 0.6) is 0 Å². The van der Waals surface area contributed by atoms with E-state index in [1.807, 2.05) is 35.2 Å². The second-order valence-electron chi connectivity index (χ2n) is 5.10. The summed E-state index contributed by atoms with van der Waals surface area (Å²) >= 11 is 0. The molecule has 2 N–H and O–H groups in total. The summed E-state index contributed by atoms with van der Waals surface area (Å²) in [7, 11) is 0. The molecule has 1 rings (SSSR count). The first-order valence-corrected chi connectivity index (χ1v) is 7.55. The lowest BCUT2D eigenvalue weighted by atomic mass is 10.2. The lowest BCUT2D eigenvalue weighted by Gasteiger charge is -2.08. The fourth-order valence-corrected chi connectivity index (χ4v) is 2.03. The van der Waals surface area contributed by atoms with Crippen molar-refractivity contribution >= 4 is 6.21 Å². The summed E-state index contributed by atoms with van der Waals surface area (Å²) in [6, 6.07) is 3.98. The van der Waals surface area contributed by atoms with Crippen LogP contribution in [-0.2, 0) is 17.7 Å². The third-order valence-corrected chi connectivity index (χ3v) is 3.03. The quantitative estimate of drug-likeness (QED) is 0.217. The number of aliphatic hydroxyl groups excluding tert-OH is 1. The van der Waals surface area contributed by atoms with E-state index in [4.69, 9.17) is 10.1 Å². The Bertz CT molecular complexity index is 576. The molecule has 1 heterocycles. The molecule has 1 aromatic heterocycles. The van der Waals surface area contributed by atoms with Crippen molar-refractivity contribution in [2.45, 2.75) is 25.5 Å². The van der Waals surface area contributed by atoms with E-state index >= 15 is 0 Å². The minimum atomic E-state index is -0.605. The zero-order chi connectivity index (χ0) is 16.9. The number of hydrogen-bond acceptors (Lipinski definition) is 3. The van der Waals surface area contributed by atoms with E-state index in [-0.39, 0.29) is 6.61 Å². The number of rotatable bonds is 11. The molecule has 0 saturated carbocycles. The Labute approximate surface area is 138 Å². The van der Waals surface area contributed by atoms with Crippen molar-refractivity contribution < 1.29 is 14.4 Å². The molecule has 0 aromatic carbocycles. The van der Waals surface area contributed by atoms with Gasteiger partial charge in [-0.15, -0.1) is 13.2 Å². The maximum atomic E-state index is 10.1. The van der Waals surface area contributed by atoms with Crippen molar-refractivity contribution in [3.05, 3.63) is 79.4 Å². The van der Waals surface area contributed by atoms with Gasteiger partial charge in [0.2, 0.25) is 0 Å². The van der Waals surface area contributed by atoms with Crippen LogP contribution in [0.1, 0.15) is 12.0 Å². The first-order valence-electron chi connectivity index (χ1n) is 7.55. The molecule has 0 bridgehead atoms. The molecule has 1 atom stereocenters. The van der Waals surface area contributed by atoms with Gasteiger partial charge < -0.3 is 15.3 Å². The summed E-state index contributed by atoms with van der Waals surface area (Å²) < 4.78 is 7.38. The van der Waals surface area contributed by atoms with E-state index in [9.17, 15) is 5.11 Å². The predicted molar refractivity (Wildman–Crippen MR) is 93.3 cm³/mol. The van der Waals surface area contributed by atoms with Crippen molar-refractivity contribution in [3.63, 3.8) is 0 Å². The van der Waals surface area contributed by atoms with Crippen LogP contribution in [0.3, 0.4) is 0 Å². The smallest absolute Gasteiger partial charge is 0.177 e. The van der Waals surface area contributed by atoms with Crippen LogP contribution in [0, 0.1) is 5.41 Å². The van der Waals surface area contributed by atoms with Gasteiger partial charge in [-0.05, 0) is 30.6 Å². The highest BCUT2D eigenvalue weighted by atomic mass is 16.5. The fourth-order valence-electron chi connectivity index (χ4n) is 2.03. The predicted octanol–water partition coefficient (Wildman–Crippen LogP) is 2.75. The number of nitrogens with one attached hydrogen (secondary N) is 1. The lowest BCUT2D eigenvalue weighted by Crippen LogP contribution is -2.41. The van der Waals surface area contributed by atoms with Crippen LogP contribution in [0.2, 0.25) is 0 Å². The number of aliphatic hydroxyl groups is 1. The van der Waals surface area contributed by atoms with Gasteiger partial charge in [0.05, 0.1) is 6.26 Å². The highest BCUT2D eigenvalue weighted by Crippen LogP contribution is 2.04. The molecule has 1 unspecified atom stereocenters. The first-order chi connectivity index (χ1) is 11.2. The van der Waals surface area contributed by atoms with E-state index in [0.29, 0.717) is 13.0 Å². The van der Waals surface area contributed by atoms with Gasteiger partial charge in [-0.1, -0.05) is 18.2 Å². The highest BCUT2D eigenvalue weighted by molar-refractivity contribution is 5.68. The van der Waals surface area contributed by atoms with E-state index in [2.05, 4.69) is 13.2 Å². The summed E-state index contributed by atoms with van der Waals surface area (Å²) in [5.74, 6) is 0.